The first-order valence-corrected chi connectivity index (χ1v) is 11.1. The first-order chi connectivity index (χ1) is 14.1. The van der Waals surface area contributed by atoms with Gasteiger partial charge in [-0.05, 0) is 64.5 Å². The number of nitrogens with zero attached hydrogens (tertiary/aromatic N) is 6. The second-order valence-corrected chi connectivity index (χ2v) is 8.95. The molecule has 0 radical (unpaired) electrons. The zero-order chi connectivity index (χ0) is 20.0. The van der Waals surface area contributed by atoms with Crippen molar-refractivity contribution in [3.8, 4) is 5.82 Å². The van der Waals surface area contributed by atoms with Crippen molar-refractivity contribution in [3.05, 3.63) is 45.8 Å². The summed E-state index contributed by atoms with van der Waals surface area (Å²) in [5, 5.41) is 13.6. The molecule has 2 fully saturated rings. The maximum atomic E-state index is 12.5. The average Bonchev–Trinajstić information content (AvgIpc) is 3.37. The third-order valence-electron chi connectivity index (χ3n) is 5.79. The number of aromatic nitrogens is 6. The number of hydrogen-bond donors (Lipinski definition) is 1. The molecule has 0 atom stereocenters. The van der Waals surface area contributed by atoms with Crippen LogP contribution in [0.5, 0.6) is 0 Å². The molecule has 9 heteroatoms. The van der Waals surface area contributed by atoms with Gasteiger partial charge in [0, 0.05) is 35.3 Å². The molecule has 0 aliphatic heterocycles. The van der Waals surface area contributed by atoms with Gasteiger partial charge in [0.05, 0.1) is 11.7 Å². The Bertz CT molecular complexity index is 1070. The Balaban J connectivity index is 1.27. The molecule has 0 unspecified atom stereocenters. The number of anilines is 1. The summed E-state index contributed by atoms with van der Waals surface area (Å²) in [6, 6.07) is 5.85. The van der Waals surface area contributed by atoms with Crippen LogP contribution in [0.2, 0.25) is 0 Å². The summed E-state index contributed by atoms with van der Waals surface area (Å²) < 4.78 is 7.92. The molecule has 0 spiro atoms. The number of aryl methyl sites for hydroxylation is 2. The zero-order valence-corrected chi connectivity index (χ0v) is 17.5. The quantitative estimate of drug-likeness (QED) is 0.692. The molecule has 5 rings (SSSR count). The molecule has 8 nitrogen and oxygen atoms in total. The van der Waals surface area contributed by atoms with Gasteiger partial charge in [0.15, 0.2) is 5.82 Å². The summed E-state index contributed by atoms with van der Waals surface area (Å²) in [7, 11) is 0. The van der Waals surface area contributed by atoms with E-state index in [2.05, 4.69) is 24.9 Å². The van der Waals surface area contributed by atoms with Crippen LogP contribution >= 0.6 is 11.5 Å². The Labute approximate surface area is 173 Å². The molecule has 3 heterocycles. The van der Waals surface area contributed by atoms with Crippen LogP contribution in [0.15, 0.2) is 23.0 Å². The molecule has 0 amide bonds. The lowest BCUT2D eigenvalue weighted by atomic mass is 9.91. The number of nitrogens with one attached hydrogen (secondary N) is 1. The minimum atomic E-state index is -0.0510. The van der Waals surface area contributed by atoms with Crippen molar-refractivity contribution in [3.63, 3.8) is 0 Å². The van der Waals surface area contributed by atoms with Crippen molar-refractivity contribution in [2.45, 2.75) is 70.4 Å². The van der Waals surface area contributed by atoms with Gasteiger partial charge in [-0.25, -0.2) is 14.3 Å². The Morgan fingerprint density at radius 3 is 2.55 bits per heavy atom. The average molecular weight is 412 g/mol. The van der Waals surface area contributed by atoms with Crippen molar-refractivity contribution in [1.29, 1.82) is 0 Å². The second-order valence-electron chi connectivity index (χ2n) is 8.20. The monoisotopic (exact) mass is 411 g/mol. The van der Waals surface area contributed by atoms with Crippen LogP contribution in [0.1, 0.15) is 67.7 Å². The summed E-state index contributed by atoms with van der Waals surface area (Å²) in [4.78, 5) is 17.1. The minimum absolute atomic E-state index is 0.0510. The van der Waals surface area contributed by atoms with Gasteiger partial charge in [-0.15, -0.1) is 5.10 Å². The molecule has 2 aliphatic carbocycles. The van der Waals surface area contributed by atoms with Crippen LogP contribution in [0.3, 0.4) is 0 Å². The zero-order valence-electron chi connectivity index (χ0n) is 16.7. The van der Waals surface area contributed by atoms with Crippen molar-refractivity contribution >= 4 is 16.7 Å². The molecule has 2 saturated carbocycles. The Morgan fingerprint density at radius 2 is 1.86 bits per heavy atom. The maximum absolute atomic E-state index is 12.5. The summed E-state index contributed by atoms with van der Waals surface area (Å²) in [6.45, 7) is 3.95. The van der Waals surface area contributed by atoms with E-state index in [4.69, 9.17) is 0 Å². The van der Waals surface area contributed by atoms with Crippen molar-refractivity contribution in [1.82, 2.24) is 28.9 Å². The first-order valence-electron chi connectivity index (χ1n) is 10.3. The van der Waals surface area contributed by atoms with Gasteiger partial charge in [-0.2, -0.15) is 9.47 Å². The molecule has 0 aromatic carbocycles. The smallest absolute Gasteiger partial charge is 0.267 e. The van der Waals surface area contributed by atoms with Gasteiger partial charge in [-0.1, -0.05) is 0 Å². The molecule has 152 valence electrons. The van der Waals surface area contributed by atoms with Crippen molar-refractivity contribution in [2.24, 2.45) is 0 Å². The third kappa shape index (κ3) is 3.83. The first kappa shape index (κ1) is 18.5. The van der Waals surface area contributed by atoms with E-state index in [-0.39, 0.29) is 11.6 Å². The third-order valence-corrected chi connectivity index (χ3v) is 6.45. The molecule has 3 aromatic rings. The van der Waals surface area contributed by atoms with Crippen LogP contribution in [-0.2, 0) is 0 Å². The fourth-order valence-corrected chi connectivity index (χ4v) is 4.81. The van der Waals surface area contributed by atoms with Gasteiger partial charge in [0.2, 0.25) is 5.13 Å². The number of rotatable bonds is 5. The van der Waals surface area contributed by atoms with E-state index in [9.17, 15) is 4.79 Å². The SMILES string of the molecule is Cc1cc(C)n(-c2ccc(=O)n(C3CCC(Nc4nc(C5CC5)ns4)CC3)n2)n1. The lowest BCUT2D eigenvalue weighted by Gasteiger charge is -2.29. The van der Waals surface area contributed by atoms with Gasteiger partial charge >= 0.3 is 0 Å². The second kappa shape index (κ2) is 7.37. The van der Waals surface area contributed by atoms with E-state index in [1.54, 1.807) is 21.5 Å². The molecule has 2 aliphatic rings. The van der Waals surface area contributed by atoms with Gasteiger partial charge in [-0.3, -0.25) is 4.79 Å². The van der Waals surface area contributed by atoms with Crippen molar-refractivity contribution in [2.75, 3.05) is 5.32 Å². The molecule has 3 aromatic heterocycles. The molecule has 1 N–H and O–H groups in total. The fourth-order valence-electron chi connectivity index (χ4n) is 4.09. The van der Waals surface area contributed by atoms with Crippen LogP contribution in [-0.4, -0.2) is 35.0 Å². The van der Waals surface area contributed by atoms with Crippen LogP contribution in [0.25, 0.3) is 5.82 Å². The van der Waals surface area contributed by atoms with Gasteiger partial charge in [0.25, 0.3) is 5.56 Å². The Kier molecular flexibility index (Phi) is 4.69. The lowest BCUT2D eigenvalue weighted by Crippen LogP contribution is -2.33. The minimum Gasteiger partial charge on any atom is -0.358 e. The molecule has 29 heavy (non-hydrogen) atoms. The number of hydrogen-bond acceptors (Lipinski definition) is 7. The normalized spacial score (nSPS) is 22.0. The highest BCUT2D eigenvalue weighted by Crippen LogP contribution is 2.39. The van der Waals surface area contributed by atoms with E-state index >= 15 is 0 Å². The summed E-state index contributed by atoms with van der Waals surface area (Å²) in [5.41, 5.74) is 1.90. The fraction of sp³-hybridized carbons (Fsp3) is 0.550. The summed E-state index contributed by atoms with van der Waals surface area (Å²) >= 11 is 1.46. The van der Waals surface area contributed by atoms with Gasteiger partial charge in [0.1, 0.15) is 5.82 Å². The van der Waals surface area contributed by atoms with Crippen molar-refractivity contribution < 1.29 is 0 Å². The Hall–Kier alpha value is -2.55. The summed E-state index contributed by atoms with van der Waals surface area (Å²) in [5.74, 6) is 2.28. The molecule has 0 saturated heterocycles. The molecular weight excluding hydrogens is 386 g/mol. The standard InChI is InChI=1S/C20H25N7OS/c1-12-11-13(2)26(23-12)17-9-10-18(28)27(24-17)16-7-5-15(6-8-16)21-20-22-19(25-29-20)14-3-4-14/h9-11,14-16H,3-8H2,1-2H3,(H,21,22,25). The van der Waals surface area contributed by atoms with E-state index in [1.807, 2.05) is 19.9 Å². The predicted octanol–water partition coefficient (Wildman–Crippen LogP) is 3.37. The summed E-state index contributed by atoms with van der Waals surface area (Å²) in [6.07, 6.45) is 6.25. The highest BCUT2D eigenvalue weighted by molar-refractivity contribution is 7.09. The van der Waals surface area contributed by atoms with E-state index in [0.717, 1.165) is 48.0 Å². The topological polar surface area (TPSA) is 90.5 Å². The molecule has 0 bridgehead atoms. The van der Waals surface area contributed by atoms with Crippen LogP contribution in [0.4, 0.5) is 5.13 Å². The van der Waals surface area contributed by atoms with Crippen LogP contribution in [0, 0.1) is 13.8 Å². The van der Waals surface area contributed by atoms with E-state index in [0.29, 0.717) is 17.8 Å². The maximum Gasteiger partial charge on any atom is 0.267 e. The van der Waals surface area contributed by atoms with E-state index < -0.39 is 0 Å². The Morgan fingerprint density at radius 1 is 1.07 bits per heavy atom. The molecular formula is C20H25N7OS. The highest BCUT2D eigenvalue weighted by Gasteiger charge is 2.29. The predicted molar refractivity (Wildman–Crippen MR) is 112 cm³/mol. The van der Waals surface area contributed by atoms with Crippen LogP contribution < -0.4 is 10.9 Å². The highest BCUT2D eigenvalue weighted by atomic mass is 32.1. The lowest BCUT2D eigenvalue weighted by molar-refractivity contribution is 0.302. The van der Waals surface area contributed by atoms with E-state index in [1.165, 1.54) is 24.4 Å². The van der Waals surface area contributed by atoms with Gasteiger partial charge < -0.3 is 5.32 Å². The largest absolute Gasteiger partial charge is 0.358 e.